The molecule has 1 nitrogen and oxygen atoms in total. The molecule has 0 bridgehead atoms. The third-order valence-corrected chi connectivity index (χ3v) is 3.80. The summed E-state index contributed by atoms with van der Waals surface area (Å²) in [4.78, 5) is 0. The predicted octanol–water partition coefficient (Wildman–Crippen LogP) is 4.12. The van der Waals surface area contributed by atoms with Gasteiger partial charge >= 0.3 is 0 Å². The number of rotatable bonds is 4. The highest BCUT2D eigenvalue weighted by molar-refractivity contribution is 5.30. The van der Waals surface area contributed by atoms with Crippen molar-refractivity contribution in [2.45, 2.75) is 31.3 Å². The first-order valence-corrected chi connectivity index (χ1v) is 6.85. The van der Waals surface area contributed by atoms with Gasteiger partial charge in [-0.1, -0.05) is 30.3 Å². The molecule has 3 heteroatoms. The number of hydrogen-bond acceptors (Lipinski definition) is 1. The van der Waals surface area contributed by atoms with Crippen molar-refractivity contribution in [2.24, 2.45) is 0 Å². The fourth-order valence-electron chi connectivity index (χ4n) is 2.42. The monoisotopic (exact) mass is 274 g/mol. The zero-order chi connectivity index (χ0) is 14.1. The summed E-state index contributed by atoms with van der Waals surface area (Å²) in [6, 6.07) is 11.3. The Morgan fingerprint density at radius 3 is 2.35 bits per heavy atom. The topological polar surface area (TPSA) is 20.2 Å². The second-order valence-corrected chi connectivity index (χ2v) is 5.40. The maximum atomic E-state index is 13.6. The molecule has 3 rings (SSSR count). The predicted molar refractivity (Wildman–Crippen MR) is 73.4 cm³/mol. The van der Waals surface area contributed by atoms with Crippen molar-refractivity contribution < 1.29 is 13.9 Å². The van der Waals surface area contributed by atoms with Gasteiger partial charge in [0.15, 0.2) is 0 Å². The number of aliphatic hydroxyl groups excluding tert-OH is 1. The molecule has 1 fully saturated rings. The Kier molecular flexibility index (Phi) is 3.53. The van der Waals surface area contributed by atoms with Crippen molar-refractivity contribution in [1.82, 2.24) is 0 Å². The number of aliphatic hydroxyl groups is 1. The summed E-state index contributed by atoms with van der Waals surface area (Å²) in [7, 11) is 0. The molecule has 1 aliphatic rings. The van der Waals surface area contributed by atoms with Crippen LogP contribution in [-0.2, 0) is 6.42 Å². The first-order valence-electron chi connectivity index (χ1n) is 6.85. The molecule has 20 heavy (non-hydrogen) atoms. The van der Waals surface area contributed by atoms with Crippen molar-refractivity contribution >= 4 is 0 Å². The van der Waals surface area contributed by atoms with E-state index in [2.05, 4.69) is 0 Å². The van der Waals surface area contributed by atoms with Crippen molar-refractivity contribution in [3.05, 3.63) is 70.8 Å². The van der Waals surface area contributed by atoms with Crippen LogP contribution in [0.4, 0.5) is 8.78 Å². The van der Waals surface area contributed by atoms with Crippen LogP contribution in [0.2, 0.25) is 0 Å². The zero-order valence-electron chi connectivity index (χ0n) is 11.0. The molecule has 0 saturated heterocycles. The molecule has 1 atom stereocenters. The van der Waals surface area contributed by atoms with E-state index in [4.69, 9.17) is 0 Å². The second-order valence-electron chi connectivity index (χ2n) is 5.40. The van der Waals surface area contributed by atoms with Gasteiger partial charge in [-0.2, -0.15) is 0 Å². The van der Waals surface area contributed by atoms with E-state index in [1.54, 1.807) is 0 Å². The molecule has 1 aliphatic carbocycles. The lowest BCUT2D eigenvalue weighted by Crippen LogP contribution is -2.04. The minimum Gasteiger partial charge on any atom is -0.388 e. The van der Waals surface area contributed by atoms with Gasteiger partial charge in [-0.3, -0.25) is 0 Å². The number of halogens is 2. The smallest absolute Gasteiger partial charge is 0.129 e. The Morgan fingerprint density at radius 1 is 1.05 bits per heavy atom. The van der Waals surface area contributed by atoms with E-state index in [0.29, 0.717) is 11.5 Å². The quantitative estimate of drug-likeness (QED) is 0.889. The Labute approximate surface area is 116 Å². The summed E-state index contributed by atoms with van der Waals surface area (Å²) >= 11 is 0. The first kappa shape index (κ1) is 13.3. The molecule has 1 N–H and O–H groups in total. The van der Waals surface area contributed by atoms with Gasteiger partial charge in [-0.25, -0.2) is 8.78 Å². The Balaban J connectivity index is 1.73. The lowest BCUT2D eigenvalue weighted by Gasteiger charge is -2.12. The van der Waals surface area contributed by atoms with Crippen LogP contribution in [0.25, 0.3) is 0 Å². The van der Waals surface area contributed by atoms with Gasteiger partial charge in [0.25, 0.3) is 0 Å². The fraction of sp³-hybridized carbons (Fsp3) is 0.294. The molecular formula is C17H16F2O. The maximum Gasteiger partial charge on any atom is 0.129 e. The van der Waals surface area contributed by atoms with Crippen molar-refractivity contribution in [3.8, 4) is 0 Å². The normalized spacial score (nSPS) is 16.1. The number of benzene rings is 2. The van der Waals surface area contributed by atoms with Gasteiger partial charge in [-0.15, -0.1) is 0 Å². The third-order valence-electron chi connectivity index (χ3n) is 3.80. The van der Waals surface area contributed by atoms with Crippen molar-refractivity contribution in [2.75, 3.05) is 0 Å². The van der Waals surface area contributed by atoms with E-state index in [1.165, 1.54) is 30.5 Å². The lowest BCUT2D eigenvalue weighted by atomic mass is 9.99. The van der Waals surface area contributed by atoms with E-state index < -0.39 is 17.7 Å². The molecule has 0 amide bonds. The zero-order valence-corrected chi connectivity index (χ0v) is 11.0. The Morgan fingerprint density at radius 2 is 1.75 bits per heavy atom. The average molecular weight is 274 g/mol. The Hall–Kier alpha value is -1.74. The summed E-state index contributed by atoms with van der Waals surface area (Å²) in [6.07, 6.45) is 1.85. The van der Waals surface area contributed by atoms with Crippen LogP contribution >= 0.6 is 0 Å². The minimum atomic E-state index is -0.775. The summed E-state index contributed by atoms with van der Waals surface area (Å²) in [5.41, 5.74) is 2.39. The van der Waals surface area contributed by atoms with Crippen molar-refractivity contribution in [3.63, 3.8) is 0 Å². The molecule has 0 spiro atoms. The standard InChI is InChI=1S/C17H16F2O/c18-15-8-7-14(16(19)10-15)9-17(20)13-5-3-12(4-6-13)11-1-2-11/h3-8,10-11,17,20H,1-2,9H2. The largest absolute Gasteiger partial charge is 0.388 e. The van der Waals surface area contributed by atoms with E-state index in [-0.39, 0.29) is 6.42 Å². The number of hydrogen-bond donors (Lipinski definition) is 1. The van der Waals surface area contributed by atoms with E-state index in [9.17, 15) is 13.9 Å². The summed E-state index contributed by atoms with van der Waals surface area (Å²) in [5.74, 6) is -0.538. The maximum absolute atomic E-state index is 13.6. The van der Waals surface area contributed by atoms with Crippen LogP contribution in [-0.4, -0.2) is 5.11 Å². The molecule has 0 aromatic heterocycles. The molecule has 2 aromatic carbocycles. The fourth-order valence-corrected chi connectivity index (χ4v) is 2.42. The van der Waals surface area contributed by atoms with Crippen LogP contribution < -0.4 is 0 Å². The van der Waals surface area contributed by atoms with E-state index >= 15 is 0 Å². The van der Waals surface area contributed by atoms with Crippen molar-refractivity contribution in [1.29, 1.82) is 0 Å². The van der Waals surface area contributed by atoms with E-state index in [0.717, 1.165) is 11.6 Å². The van der Waals surface area contributed by atoms with E-state index in [1.807, 2.05) is 24.3 Å². The van der Waals surface area contributed by atoms with Crippen LogP contribution in [0.3, 0.4) is 0 Å². The van der Waals surface area contributed by atoms with Crippen LogP contribution in [0.15, 0.2) is 42.5 Å². The first-order chi connectivity index (χ1) is 9.63. The average Bonchev–Trinajstić information content (AvgIpc) is 3.26. The van der Waals surface area contributed by atoms with Crippen LogP contribution in [0.5, 0.6) is 0 Å². The molecule has 1 saturated carbocycles. The highest BCUT2D eigenvalue weighted by Crippen LogP contribution is 2.40. The van der Waals surface area contributed by atoms with Gasteiger partial charge in [0.05, 0.1) is 6.10 Å². The Bertz CT molecular complexity index is 603. The molecule has 0 radical (unpaired) electrons. The second kappa shape index (κ2) is 5.33. The van der Waals surface area contributed by atoms with Gasteiger partial charge in [0, 0.05) is 12.5 Å². The minimum absolute atomic E-state index is 0.148. The van der Waals surface area contributed by atoms with Crippen LogP contribution in [0, 0.1) is 11.6 Å². The summed E-state index contributed by atoms with van der Waals surface area (Å²) < 4.78 is 26.4. The highest BCUT2D eigenvalue weighted by atomic mass is 19.1. The molecule has 104 valence electrons. The van der Waals surface area contributed by atoms with Gasteiger partial charge in [0.2, 0.25) is 0 Å². The molecule has 1 unspecified atom stereocenters. The highest BCUT2D eigenvalue weighted by Gasteiger charge is 2.23. The van der Waals surface area contributed by atoms with Gasteiger partial charge in [0.1, 0.15) is 11.6 Å². The summed E-state index contributed by atoms with van der Waals surface area (Å²) in [6.45, 7) is 0. The molecule has 2 aromatic rings. The van der Waals surface area contributed by atoms with Gasteiger partial charge < -0.3 is 5.11 Å². The molecule has 0 heterocycles. The van der Waals surface area contributed by atoms with Gasteiger partial charge in [-0.05, 0) is 41.5 Å². The SMILES string of the molecule is OC(Cc1ccc(F)cc1F)c1ccc(C2CC2)cc1. The lowest BCUT2D eigenvalue weighted by molar-refractivity contribution is 0.177. The third kappa shape index (κ3) is 2.88. The van der Waals surface area contributed by atoms with Crippen LogP contribution in [0.1, 0.15) is 41.6 Å². The molecular weight excluding hydrogens is 258 g/mol. The summed E-state index contributed by atoms with van der Waals surface area (Å²) in [5, 5.41) is 10.2. The molecule has 0 aliphatic heterocycles.